The molecule has 0 unspecified atom stereocenters. The number of rotatable bonds is 1. The third kappa shape index (κ3) is 4.32. The molecule has 1 N–H and O–H groups in total. The van der Waals surface area contributed by atoms with Crippen LogP contribution in [0.3, 0.4) is 0 Å². The molecule has 0 amide bonds. The fraction of sp³-hybridized carbons (Fsp3) is 0.167. The fourth-order valence-electron chi connectivity index (χ4n) is 1.19. The summed E-state index contributed by atoms with van der Waals surface area (Å²) in [7, 11) is -0.611. The predicted molar refractivity (Wildman–Crippen MR) is 68.7 cm³/mol. The van der Waals surface area contributed by atoms with Crippen molar-refractivity contribution in [3.63, 3.8) is 0 Å². The Bertz CT molecular complexity index is 550. The van der Waals surface area contributed by atoms with Crippen molar-refractivity contribution in [2.75, 3.05) is 12.5 Å². The summed E-state index contributed by atoms with van der Waals surface area (Å²) in [5, 5.41) is 9.55. The van der Waals surface area contributed by atoms with Crippen molar-refractivity contribution in [3.8, 4) is 0 Å². The summed E-state index contributed by atoms with van der Waals surface area (Å²) in [4.78, 5) is 14.6. The number of para-hydroxylation sites is 1. The van der Waals surface area contributed by atoms with Crippen LogP contribution in [0.25, 0.3) is 10.9 Å². The molecule has 0 atom stereocenters. The quantitative estimate of drug-likeness (QED) is 0.841. The normalized spacial score (nSPS) is 9.82. The van der Waals surface area contributed by atoms with Gasteiger partial charge in [0.15, 0.2) is 0 Å². The van der Waals surface area contributed by atoms with Crippen molar-refractivity contribution in [1.29, 1.82) is 0 Å². The van der Waals surface area contributed by atoms with Crippen LogP contribution in [-0.4, -0.2) is 32.8 Å². The monoisotopic (exact) mass is 251 g/mol. The minimum atomic E-state index is -0.946. The highest BCUT2D eigenvalue weighted by molar-refractivity contribution is 7.83. The lowest BCUT2D eigenvalue weighted by atomic mass is 10.2. The number of hydrogen-bond acceptors (Lipinski definition) is 3. The standard InChI is InChI=1S/C10H7NO2.C2H6OS/c12-10(13)8-5-7-3-1-2-4-9(7)11-6-8;1-4(2)3/h1-6H,(H,12,13);1-2H3. The van der Waals surface area contributed by atoms with Gasteiger partial charge in [0.25, 0.3) is 0 Å². The molecular formula is C12H13NO3S. The van der Waals surface area contributed by atoms with Gasteiger partial charge in [-0.3, -0.25) is 9.19 Å². The van der Waals surface area contributed by atoms with Gasteiger partial charge in [-0.2, -0.15) is 0 Å². The molecule has 2 rings (SSSR count). The summed E-state index contributed by atoms with van der Waals surface area (Å²) in [5.41, 5.74) is 1.03. The van der Waals surface area contributed by atoms with Gasteiger partial charge in [0.2, 0.25) is 0 Å². The molecule has 0 aliphatic heterocycles. The molecular weight excluding hydrogens is 238 g/mol. The lowest BCUT2D eigenvalue weighted by molar-refractivity contribution is 0.0696. The van der Waals surface area contributed by atoms with Crippen molar-refractivity contribution in [2.24, 2.45) is 0 Å². The predicted octanol–water partition coefficient (Wildman–Crippen LogP) is 1.93. The van der Waals surface area contributed by atoms with Gasteiger partial charge in [0.05, 0.1) is 11.1 Å². The maximum absolute atomic E-state index is 10.6. The number of carboxylic acids is 1. The third-order valence-corrected chi connectivity index (χ3v) is 1.84. The van der Waals surface area contributed by atoms with E-state index in [1.807, 2.05) is 24.3 Å². The molecule has 0 fully saturated rings. The minimum absolute atomic E-state index is 0.221. The first kappa shape index (κ1) is 13.3. The van der Waals surface area contributed by atoms with Crippen LogP contribution in [0.4, 0.5) is 0 Å². The number of fused-ring (bicyclic) bond motifs is 1. The molecule has 0 aliphatic rings. The average Bonchev–Trinajstić information content (AvgIpc) is 2.27. The summed E-state index contributed by atoms with van der Waals surface area (Å²) in [6.45, 7) is 0. The zero-order valence-corrected chi connectivity index (χ0v) is 10.4. The van der Waals surface area contributed by atoms with Crippen LogP contribution in [0.5, 0.6) is 0 Å². The zero-order chi connectivity index (χ0) is 12.8. The average molecular weight is 251 g/mol. The van der Waals surface area contributed by atoms with Crippen molar-refractivity contribution in [2.45, 2.75) is 0 Å². The second kappa shape index (κ2) is 6.10. The van der Waals surface area contributed by atoms with Crippen LogP contribution < -0.4 is 0 Å². The molecule has 1 aromatic heterocycles. The summed E-state index contributed by atoms with van der Waals surface area (Å²) >= 11 is 0. The summed E-state index contributed by atoms with van der Waals surface area (Å²) in [6, 6.07) is 9.03. The van der Waals surface area contributed by atoms with Gasteiger partial charge in [-0.1, -0.05) is 18.2 Å². The van der Waals surface area contributed by atoms with Crippen LogP contribution in [0, 0.1) is 0 Å². The highest BCUT2D eigenvalue weighted by Crippen LogP contribution is 2.12. The van der Waals surface area contributed by atoms with E-state index in [1.165, 1.54) is 6.20 Å². The zero-order valence-electron chi connectivity index (χ0n) is 9.58. The van der Waals surface area contributed by atoms with Gasteiger partial charge in [0, 0.05) is 34.9 Å². The smallest absolute Gasteiger partial charge is 0.337 e. The Kier molecular flexibility index (Phi) is 4.78. The molecule has 2 aromatic rings. The van der Waals surface area contributed by atoms with Crippen LogP contribution in [-0.2, 0) is 10.8 Å². The highest BCUT2D eigenvalue weighted by atomic mass is 32.2. The van der Waals surface area contributed by atoms with Crippen LogP contribution in [0.1, 0.15) is 10.4 Å². The molecule has 0 bridgehead atoms. The van der Waals surface area contributed by atoms with E-state index < -0.39 is 16.8 Å². The Balaban J connectivity index is 0.000000317. The fourth-order valence-corrected chi connectivity index (χ4v) is 1.19. The number of aromatic nitrogens is 1. The lowest BCUT2D eigenvalue weighted by Crippen LogP contribution is -1.96. The molecule has 1 heterocycles. The van der Waals surface area contributed by atoms with Crippen molar-refractivity contribution < 1.29 is 14.1 Å². The maximum atomic E-state index is 10.6. The molecule has 17 heavy (non-hydrogen) atoms. The second-order valence-corrected chi connectivity index (χ2v) is 4.95. The highest BCUT2D eigenvalue weighted by Gasteiger charge is 2.03. The largest absolute Gasteiger partial charge is 0.478 e. The number of pyridine rings is 1. The molecule has 0 radical (unpaired) electrons. The SMILES string of the molecule is CS(C)=O.O=C(O)c1cnc2ccccc2c1. The van der Waals surface area contributed by atoms with E-state index in [9.17, 15) is 9.00 Å². The summed E-state index contributed by atoms with van der Waals surface area (Å²) < 4.78 is 9.56. The van der Waals surface area contributed by atoms with Gasteiger partial charge in [0.1, 0.15) is 0 Å². The van der Waals surface area contributed by atoms with Crippen LogP contribution >= 0.6 is 0 Å². The maximum Gasteiger partial charge on any atom is 0.337 e. The molecule has 0 aliphatic carbocycles. The number of carboxylic acid groups (broad SMARTS) is 1. The van der Waals surface area contributed by atoms with Gasteiger partial charge < -0.3 is 5.11 Å². The molecule has 4 nitrogen and oxygen atoms in total. The van der Waals surface area contributed by atoms with E-state index >= 15 is 0 Å². The molecule has 0 saturated carbocycles. The van der Waals surface area contributed by atoms with Crippen LogP contribution in [0.15, 0.2) is 36.5 Å². The van der Waals surface area contributed by atoms with Crippen LogP contribution in [0.2, 0.25) is 0 Å². The second-order valence-electron chi connectivity index (χ2n) is 3.46. The van der Waals surface area contributed by atoms with E-state index in [4.69, 9.17) is 5.11 Å². The molecule has 0 spiro atoms. The van der Waals surface area contributed by atoms with E-state index in [-0.39, 0.29) is 5.56 Å². The number of carbonyl (C=O) groups is 1. The minimum Gasteiger partial charge on any atom is -0.478 e. The van der Waals surface area contributed by atoms with E-state index in [2.05, 4.69) is 4.98 Å². The van der Waals surface area contributed by atoms with Gasteiger partial charge in [-0.05, 0) is 12.1 Å². The third-order valence-electron chi connectivity index (χ3n) is 1.84. The Morgan fingerprint density at radius 3 is 2.47 bits per heavy atom. The van der Waals surface area contributed by atoms with Gasteiger partial charge >= 0.3 is 5.97 Å². The Hall–Kier alpha value is -1.75. The summed E-state index contributed by atoms with van der Waals surface area (Å²) in [5.74, 6) is -0.946. The first-order chi connectivity index (χ1) is 8.00. The Labute approximate surface area is 102 Å². The Morgan fingerprint density at radius 2 is 1.88 bits per heavy atom. The first-order valence-corrected chi connectivity index (χ1v) is 6.80. The lowest BCUT2D eigenvalue weighted by Gasteiger charge is -1.97. The molecule has 1 aromatic carbocycles. The number of hydrogen-bond donors (Lipinski definition) is 1. The Morgan fingerprint density at radius 1 is 1.29 bits per heavy atom. The molecule has 0 saturated heterocycles. The van der Waals surface area contributed by atoms with Crippen molar-refractivity contribution in [3.05, 3.63) is 42.1 Å². The van der Waals surface area contributed by atoms with E-state index in [0.717, 1.165) is 10.9 Å². The summed E-state index contributed by atoms with van der Waals surface area (Å²) in [6.07, 6.45) is 4.64. The number of nitrogens with zero attached hydrogens (tertiary/aromatic N) is 1. The van der Waals surface area contributed by atoms with Gasteiger partial charge in [-0.25, -0.2) is 4.79 Å². The molecule has 5 heteroatoms. The topological polar surface area (TPSA) is 67.3 Å². The van der Waals surface area contributed by atoms with E-state index in [0.29, 0.717) is 0 Å². The van der Waals surface area contributed by atoms with Gasteiger partial charge in [-0.15, -0.1) is 0 Å². The van der Waals surface area contributed by atoms with Crippen molar-refractivity contribution in [1.82, 2.24) is 4.98 Å². The van der Waals surface area contributed by atoms with E-state index in [1.54, 1.807) is 18.6 Å². The number of aromatic carboxylic acids is 1. The number of benzene rings is 1. The van der Waals surface area contributed by atoms with Crippen molar-refractivity contribution >= 4 is 27.7 Å². The molecule has 90 valence electrons. The first-order valence-electron chi connectivity index (χ1n) is 4.84.